The molecule has 1 aromatic carbocycles. The fourth-order valence-corrected chi connectivity index (χ4v) is 2.91. The lowest BCUT2D eigenvalue weighted by Crippen LogP contribution is -2.47. The highest BCUT2D eigenvalue weighted by atomic mass is 19.1. The zero-order valence-electron chi connectivity index (χ0n) is 14.1. The van der Waals surface area contributed by atoms with Crippen molar-refractivity contribution in [1.29, 1.82) is 0 Å². The number of likely N-dealkylation sites (tertiary alicyclic amines) is 1. The van der Waals surface area contributed by atoms with E-state index in [-0.39, 0.29) is 36.9 Å². The van der Waals surface area contributed by atoms with Gasteiger partial charge in [0.05, 0.1) is 13.1 Å². The van der Waals surface area contributed by atoms with Crippen molar-refractivity contribution in [3.05, 3.63) is 35.6 Å². The molecule has 1 heterocycles. The van der Waals surface area contributed by atoms with Crippen LogP contribution in [-0.4, -0.2) is 65.5 Å². The maximum absolute atomic E-state index is 13.7. The number of hydrogen-bond acceptors (Lipinski definition) is 4. The van der Waals surface area contributed by atoms with Gasteiger partial charge in [0.25, 0.3) is 0 Å². The number of benzene rings is 1. The molecule has 1 saturated heterocycles. The molecule has 2 N–H and O–H groups in total. The van der Waals surface area contributed by atoms with E-state index in [9.17, 15) is 14.0 Å². The quantitative estimate of drug-likeness (QED) is 0.774. The van der Waals surface area contributed by atoms with E-state index in [4.69, 9.17) is 5.11 Å². The number of carbonyl (C=O) groups excluding carboxylic acids is 1. The molecule has 0 spiro atoms. The van der Waals surface area contributed by atoms with E-state index < -0.39 is 5.97 Å². The molecular weight excluding hydrogens is 313 g/mol. The number of carboxylic acids is 1. The average Bonchev–Trinajstić information content (AvgIpc) is 2.89. The van der Waals surface area contributed by atoms with Gasteiger partial charge in [-0.2, -0.15) is 0 Å². The molecule has 7 heteroatoms. The first-order chi connectivity index (χ1) is 11.3. The number of likely N-dealkylation sites (N-methyl/N-ethyl adjacent to an activating group) is 1. The molecule has 1 amide bonds. The maximum Gasteiger partial charge on any atom is 0.317 e. The Hall–Kier alpha value is -1.99. The van der Waals surface area contributed by atoms with Crippen LogP contribution in [0.3, 0.4) is 0 Å². The van der Waals surface area contributed by atoms with Gasteiger partial charge in [0.2, 0.25) is 5.91 Å². The van der Waals surface area contributed by atoms with Gasteiger partial charge in [-0.1, -0.05) is 18.2 Å². The second-order valence-electron chi connectivity index (χ2n) is 6.61. The van der Waals surface area contributed by atoms with Gasteiger partial charge in [0.1, 0.15) is 5.82 Å². The van der Waals surface area contributed by atoms with Crippen molar-refractivity contribution in [2.24, 2.45) is 0 Å². The molecular formula is C17H24FN3O3. The third-order valence-corrected chi connectivity index (χ3v) is 4.37. The number of amides is 1. The summed E-state index contributed by atoms with van der Waals surface area (Å²) in [5, 5.41) is 11.8. The lowest BCUT2D eigenvalue weighted by atomic mass is 10.0. The summed E-state index contributed by atoms with van der Waals surface area (Å²) in [7, 11) is 1.66. The number of carboxylic acid groups (broad SMARTS) is 1. The fourth-order valence-electron chi connectivity index (χ4n) is 2.91. The molecule has 0 aliphatic carbocycles. The van der Waals surface area contributed by atoms with E-state index in [2.05, 4.69) is 5.32 Å². The smallest absolute Gasteiger partial charge is 0.317 e. The van der Waals surface area contributed by atoms with Gasteiger partial charge in [-0.25, -0.2) is 4.39 Å². The van der Waals surface area contributed by atoms with Crippen LogP contribution in [0.4, 0.5) is 4.39 Å². The van der Waals surface area contributed by atoms with Crippen molar-refractivity contribution in [1.82, 2.24) is 15.1 Å². The third-order valence-electron chi connectivity index (χ3n) is 4.37. The molecule has 0 aromatic heterocycles. The highest BCUT2D eigenvalue weighted by Crippen LogP contribution is 2.20. The van der Waals surface area contributed by atoms with E-state index in [1.165, 1.54) is 11.0 Å². The van der Waals surface area contributed by atoms with Crippen molar-refractivity contribution in [3.63, 3.8) is 0 Å². The molecule has 1 aliphatic heterocycles. The molecule has 0 bridgehead atoms. The van der Waals surface area contributed by atoms with Crippen LogP contribution < -0.4 is 5.32 Å². The molecule has 0 radical (unpaired) electrons. The highest BCUT2D eigenvalue weighted by Gasteiger charge is 2.34. The fraction of sp³-hybridized carbons (Fsp3) is 0.529. The van der Waals surface area contributed by atoms with E-state index in [0.29, 0.717) is 12.1 Å². The van der Waals surface area contributed by atoms with Gasteiger partial charge >= 0.3 is 5.97 Å². The van der Waals surface area contributed by atoms with Crippen molar-refractivity contribution < 1.29 is 19.1 Å². The number of carbonyl (C=O) groups is 2. The summed E-state index contributed by atoms with van der Waals surface area (Å²) < 4.78 is 13.7. The second kappa shape index (κ2) is 7.72. The van der Waals surface area contributed by atoms with Crippen LogP contribution in [-0.2, 0) is 16.1 Å². The number of halogens is 1. The summed E-state index contributed by atoms with van der Waals surface area (Å²) in [5.74, 6) is -1.29. The van der Waals surface area contributed by atoms with E-state index in [1.54, 1.807) is 25.2 Å². The van der Waals surface area contributed by atoms with Crippen LogP contribution in [0.5, 0.6) is 0 Å². The third kappa shape index (κ3) is 5.01. The Morgan fingerprint density at radius 3 is 2.79 bits per heavy atom. The van der Waals surface area contributed by atoms with Crippen molar-refractivity contribution in [3.8, 4) is 0 Å². The first-order valence-electron chi connectivity index (χ1n) is 7.96. The predicted octanol–water partition coefficient (Wildman–Crippen LogP) is 0.923. The topological polar surface area (TPSA) is 72.9 Å². The summed E-state index contributed by atoms with van der Waals surface area (Å²) in [5.41, 5.74) is 0.186. The Balaban J connectivity index is 1.84. The first kappa shape index (κ1) is 18.4. The van der Waals surface area contributed by atoms with Crippen LogP contribution >= 0.6 is 0 Å². The Kier molecular flexibility index (Phi) is 5.90. The SMILES string of the molecule is CN(Cc1ccccc1F)C(=O)CN1CC[C@](C)(NCC(=O)O)C1. The van der Waals surface area contributed by atoms with Gasteiger partial charge in [-0.15, -0.1) is 0 Å². The molecule has 132 valence electrons. The lowest BCUT2D eigenvalue weighted by molar-refractivity contribution is -0.136. The average molecular weight is 337 g/mol. The number of aliphatic carboxylic acids is 1. The van der Waals surface area contributed by atoms with Gasteiger partial charge in [0, 0.05) is 37.8 Å². The van der Waals surface area contributed by atoms with Crippen LogP contribution in [0.1, 0.15) is 18.9 Å². The molecule has 24 heavy (non-hydrogen) atoms. The van der Waals surface area contributed by atoms with Crippen LogP contribution in [0, 0.1) is 5.82 Å². The highest BCUT2D eigenvalue weighted by molar-refractivity contribution is 5.78. The molecule has 1 fully saturated rings. The summed E-state index contributed by atoms with van der Waals surface area (Å²) in [6.07, 6.45) is 0.782. The van der Waals surface area contributed by atoms with E-state index in [1.807, 2.05) is 11.8 Å². The summed E-state index contributed by atoms with van der Waals surface area (Å²) >= 11 is 0. The number of rotatable bonds is 7. The predicted molar refractivity (Wildman–Crippen MR) is 88.0 cm³/mol. The van der Waals surface area contributed by atoms with Crippen LogP contribution in [0.2, 0.25) is 0 Å². The van der Waals surface area contributed by atoms with Gasteiger partial charge in [-0.05, 0) is 19.4 Å². The van der Waals surface area contributed by atoms with Gasteiger partial charge < -0.3 is 15.3 Å². The largest absolute Gasteiger partial charge is 0.480 e. The van der Waals surface area contributed by atoms with Crippen LogP contribution in [0.15, 0.2) is 24.3 Å². The minimum Gasteiger partial charge on any atom is -0.480 e. The van der Waals surface area contributed by atoms with Crippen molar-refractivity contribution in [2.45, 2.75) is 25.4 Å². The Morgan fingerprint density at radius 2 is 2.12 bits per heavy atom. The Labute approximate surface area is 141 Å². The minimum atomic E-state index is -0.893. The Morgan fingerprint density at radius 1 is 1.42 bits per heavy atom. The number of nitrogens with zero attached hydrogens (tertiary/aromatic N) is 2. The summed E-state index contributed by atoms with van der Waals surface area (Å²) in [6.45, 7) is 3.68. The Bertz CT molecular complexity index is 610. The lowest BCUT2D eigenvalue weighted by Gasteiger charge is -2.26. The number of hydrogen-bond donors (Lipinski definition) is 2. The second-order valence-corrected chi connectivity index (χ2v) is 6.61. The molecule has 0 unspecified atom stereocenters. The molecule has 2 rings (SSSR count). The summed E-state index contributed by atoms with van der Waals surface area (Å²) in [6, 6.07) is 6.42. The monoisotopic (exact) mass is 337 g/mol. The zero-order chi connectivity index (χ0) is 17.7. The van der Waals surface area contributed by atoms with Gasteiger partial charge in [0.15, 0.2) is 0 Å². The first-order valence-corrected chi connectivity index (χ1v) is 7.96. The standard InChI is InChI=1S/C17H24FN3O3/c1-17(19-9-16(23)24)7-8-21(12-17)11-15(22)20(2)10-13-5-3-4-6-14(13)18/h3-6,19H,7-12H2,1-2H3,(H,23,24)/t17-/m0/s1. The van der Waals surface area contributed by atoms with E-state index >= 15 is 0 Å². The minimum absolute atomic E-state index is 0.0827. The summed E-state index contributed by atoms with van der Waals surface area (Å²) in [4.78, 5) is 26.5. The number of nitrogens with one attached hydrogen (secondary N) is 1. The normalized spacial score (nSPS) is 21.0. The van der Waals surface area contributed by atoms with Gasteiger partial charge in [-0.3, -0.25) is 14.5 Å². The zero-order valence-corrected chi connectivity index (χ0v) is 14.1. The maximum atomic E-state index is 13.7. The molecule has 1 aliphatic rings. The molecule has 1 atom stereocenters. The van der Waals surface area contributed by atoms with Crippen LogP contribution in [0.25, 0.3) is 0 Å². The molecule has 6 nitrogen and oxygen atoms in total. The van der Waals surface area contributed by atoms with Crippen molar-refractivity contribution >= 4 is 11.9 Å². The van der Waals surface area contributed by atoms with Crippen molar-refractivity contribution in [2.75, 3.05) is 33.2 Å². The molecule has 1 aromatic rings. The molecule has 0 saturated carbocycles. The van der Waals surface area contributed by atoms with E-state index in [0.717, 1.165) is 13.0 Å².